The van der Waals surface area contributed by atoms with Gasteiger partial charge in [-0.3, -0.25) is 9.59 Å². The number of nitrogens with zero attached hydrogens (tertiary/aromatic N) is 1. The van der Waals surface area contributed by atoms with Crippen molar-refractivity contribution in [3.05, 3.63) is 95.1 Å². The number of phenols is 1. The van der Waals surface area contributed by atoms with Gasteiger partial charge >= 0.3 is 0 Å². The molecule has 3 aromatic rings. The number of aliphatic hydroxyl groups is 1. The third-order valence-electron chi connectivity index (χ3n) is 5.89. The van der Waals surface area contributed by atoms with E-state index >= 15 is 0 Å². The van der Waals surface area contributed by atoms with Crippen LogP contribution in [0.15, 0.2) is 78.4 Å². The molecule has 2 N–H and O–H groups in total. The fourth-order valence-electron chi connectivity index (χ4n) is 4.15. The molecule has 0 aliphatic carbocycles. The minimum atomic E-state index is -0.791. The molecule has 174 valence electrons. The van der Waals surface area contributed by atoms with Crippen LogP contribution in [0.25, 0.3) is 5.76 Å². The minimum absolute atomic E-state index is 0.0224. The highest BCUT2D eigenvalue weighted by atomic mass is 16.5. The van der Waals surface area contributed by atoms with Crippen molar-refractivity contribution in [3.63, 3.8) is 0 Å². The Kier molecular flexibility index (Phi) is 6.54. The second-order valence-electron chi connectivity index (χ2n) is 7.89. The third kappa shape index (κ3) is 4.32. The lowest BCUT2D eigenvalue weighted by atomic mass is 9.95. The van der Waals surface area contributed by atoms with Crippen LogP contribution >= 0.6 is 0 Å². The van der Waals surface area contributed by atoms with Crippen molar-refractivity contribution in [1.82, 2.24) is 4.90 Å². The SMILES string of the molecule is COc1ccc(CCN2C(=O)C(=O)C(=C(O)c3ccccc3)[C@@H]2c2ccc(O)cc2)cc1OC. The molecule has 7 heteroatoms. The zero-order valence-electron chi connectivity index (χ0n) is 18.9. The summed E-state index contributed by atoms with van der Waals surface area (Å²) in [6.45, 7) is 0.233. The lowest BCUT2D eigenvalue weighted by Crippen LogP contribution is -2.31. The third-order valence-corrected chi connectivity index (χ3v) is 5.89. The van der Waals surface area contributed by atoms with Crippen LogP contribution in [0.4, 0.5) is 0 Å². The zero-order chi connectivity index (χ0) is 24.2. The second kappa shape index (κ2) is 9.70. The van der Waals surface area contributed by atoms with Gasteiger partial charge in [0, 0.05) is 12.1 Å². The van der Waals surface area contributed by atoms with Gasteiger partial charge in [0.2, 0.25) is 0 Å². The number of hydrogen-bond acceptors (Lipinski definition) is 6. The van der Waals surface area contributed by atoms with Gasteiger partial charge in [0.15, 0.2) is 11.5 Å². The lowest BCUT2D eigenvalue weighted by molar-refractivity contribution is -0.139. The normalized spacial score (nSPS) is 17.1. The number of phenolic OH excluding ortho intramolecular Hbond substituents is 1. The maximum atomic E-state index is 13.1. The molecule has 1 fully saturated rings. The summed E-state index contributed by atoms with van der Waals surface area (Å²) in [5.41, 5.74) is 1.98. The van der Waals surface area contributed by atoms with Crippen LogP contribution in [0.2, 0.25) is 0 Å². The fraction of sp³-hybridized carbons (Fsp3) is 0.185. The fourth-order valence-corrected chi connectivity index (χ4v) is 4.15. The number of hydrogen-bond donors (Lipinski definition) is 2. The molecular formula is C27H25NO6. The van der Waals surface area contributed by atoms with Crippen molar-refractivity contribution in [2.45, 2.75) is 12.5 Å². The summed E-state index contributed by atoms with van der Waals surface area (Å²) in [6.07, 6.45) is 0.452. The average molecular weight is 459 g/mol. The maximum Gasteiger partial charge on any atom is 0.295 e. The Morgan fingerprint density at radius 3 is 2.24 bits per heavy atom. The summed E-state index contributed by atoms with van der Waals surface area (Å²) in [5, 5.41) is 20.8. The predicted octanol–water partition coefficient (Wildman–Crippen LogP) is 4.07. The molecule has 0 aromatic heterocycles. The molecule has 1 atom stereocenters. The van der Waals surface area contributed by atoms with Gasteiger partial charge < -0.3 is 24.6 Å². The van der Waals surface area contributed by atoms with Crippen molar-refractivity contribution in [2.75, 3.05) is 20.8 Å². The molecule has 1 saturated heterocycles. The van der Waals surface area contributed by atoms with Crippen LogP contribution in [-0.4, -0.2) is 47.6 Å². The Morgan fingerprint density at radius 2 is 1.59 bits per heavy atom. The van der Waals surface area contributed by atoms with E-state index in [9.17, 15) is 19.8 Å². The molecule has 0 spiro atoms. The van der Waals surface area contributed by atoms with Gasteiger partial charge in [0.25, 0.3) is 11.7 Å². The summed E-state index contributed by atoms with van der Waals surface area (Å²) >= 11 is 0. The monoisotopic (exact) mass is 459 g/mol. The number of rotatable bonds is 7. The van der Waals surface area contributed by atoms with Crippen LogP contribution in [0.3, 0.4) is 0 Å². The van der Waals surface area contributed by atoms with Crippen molar-refractivity contribution >= 4 is 17.4 Å². The summed E-state index contributed by atoms with van der Waals surface area (Å²) in [5.74, 6) is -0.428. The highest BCUT2D eigenvalue weighted by molar-refractivity contribution is 6.46. The summed E-state index contributed by atoms with van der Waals surface area (Å²) < 4.78 is 10.6. The maximum absolute atomic E-state index is 13.1. The van der Waals surface area contributed by atoms with E-state index in [0.717, 1.165) is 5.56 Å². The molecule has 4 rings (SSSR count). The molecule has 1 heterocycles. The standard InChI is InChI=1S/C27H25NO6/c1-33-21-13-8-17(16-22(21)34-2)14-15-28-24(18-9-11-20(29)12-10-18)23(26(31)27(28)32)25(30)19-6-4-3-5-7-19/h3-13,16,24,29-30H,14-15H2,1-2H3/t24-/m0/s1. The number of likely N-dealkylation sites (tertiary alicyclic amines) is 1. The van der Waals surface area contributed by atoms with Gasteiger partial charge in [-0.25, -0.2) is 0 Å². The number of benzene rings is 3. The molecule has 34 heavy (non-hydrogen) atoms. The van der Waals surface area contributed by atoms with Crippen molar-refractivity contribution < 1.29 is 29.3 Å². The summed E-state index contributed by atoms with van der Waals surface area (Å²) in [7, 11) is 3.11. The highest BCUT2D eigenvalue weighted by Gasteiger charge is 2.45. The van der Waals surface area contributed by atoms with E-state index in [2.05, 4.69) is 0 Å². The van der Waals surface area contributed by atoms with E-state index in [1.807, 2.05) is 12.1 Å². The van der Waals surface area contributed by atoms with Gasteiger partial charge in [-0.05, 0) is 41.8 Å². The Bertz CT molecular complexity index is 1230. The molecule has 1 aliphatic heterocycles. The number of amides is 1. The van der Waals surface area contributed by atoms with Gasteiger partial charge in [0.05, 0.1) is 25.8 Å². The topological polar surface area (TPSA) is 96.3 Å². The number of aromatic hydroxyl groups is 1. The van der Waals surface area contributed by atoms with E-state index in [1.54, 1.807) is 62.8 Å². The number of methoxy groups -OCH3 is 2. The Hall–Kier alpha value is -4.26. The lowest BCUT2D eigenvalue weighted by Gasteiger charge is -2.25. The van der Waals surface area contributed by atoms with E-state index < -0.39 is 17.7 Å². The van der Waals surface area contributed by atoms with Crippen molar-refractivity contribution in [3.8, 4) is 17.2 Å². The number of carbonyl (C=O) groups excluding carboxylic acids is 2. The van der Waals surface area contributed by atoms with Gasteiger partial charge in [0.1, 0.15) is 11.5 Å². The molecule has 1 amide bonds. The first-order valence-corrected chi connectivity index (χ1v) is 10.8. The molecule has 1 aliphatic rings. The van der Waals surface area contributed by atoms with Crippen molar-refractivity contribution in [2.24, 2.45) is 0 Å². The van der Waals surface area contributed by atoms with Crippen LogP contribution < -0.4 is 9.47 Å². The molecule has 7 nitrogen and oxygen atoms in total. The molecular weight excluding hydrogens is 434 g/mol. The summed E-state index contributed by atoms with van der Waals surface area (Å²) in [4.78, 5) is 27.6. The molecule has 3 aromatic carbocycles. The second-order valence-corrected chi connectivity index (χ2v) is 7.89. The minimum Gasteiger partial charge on any atom is -0.508 e. The van der Waals surface area contributed by atoms with E-state index in [0.29, 0.717) is 29.0 Å². The first-order valence-electron chi connectivity index (χ1n) is 10.8. The largest absolute Gasteiger partial charge is 0.508 e. The smallest absolute Gasteiger partial charge is 0.295 e. The van der Waals surface area contributed by atoms with Gasteiger partial charge in [-0.1, -0.05) is 48.5 Å². The van der Waals surface area contributed by atoms with E-state index in [1.165, 1.54) is 17.0 Å². The zero-order valence-corrected chi connectivity index (χ0v) is 18.9. The van der Waals surface area contributed by atoms with Crippen LogP contribution in [0.5, 0.6) is 17.2 Å². The predicted molar refractivity (Wildman–Crippen MR) is 127 cm³/mol. The van der Waals surface area contributed by atoms with Crippen molar-refractivity contribution in [1.29, 1.82) is 0 Å². The van der Waals surface area contributed by atoms with Gasteiger partial charge in [-0.15, -0.1) is 0 Å². The first-order chi connectivity index (χ1) is 16.4. The molecule has 0 bridgehead atoms. The molecule has 0 saturated carbocycles. The first kappa shape index (κ1) is 22.9. The number of ether oxygens (including phenoxy) is 2. The van der Waals surface area contributed by atoms with E-state index in [-0.39, 0.29) is 23.6 Å². The Balaban J connectivity index is 1.73. The van der Waals surface area contributed by atoms with Crippen LogP contribution in [0, 0.1) is 0 Å². The number of Topliss-reactive ketones (excluding diaryl/α,β-unsaturated/α-hetero) is 1. The van der Waals surface area contributed by atoms with E-state index in [4.69, 9.17) is 9.47 Å². The van der Waals surface area contributed by atoms with Crippen LogP contribution in [0.1, 0.15) is 22.7 Å². The summed E-state index contributed by atoms with van der Waals surface area (Å²) in [6, 6.07) is 19.6. The Labute approximate surface area is 197 Å². The van der Waals surface area contributed by atoms with Crippen LogP contribution in [-0.2, 0) is 16.0 Å². The molecule has 0 radical (unpaired) electrons. The number of ketones is 1. The highest BCUT2D eigenvalue weighted by Crippen LogP contribution is 2.40. The van der Waals surface area contributed by atoms with Gasteiger partial charge in [-0.2, -0.15) is 0 Å². The Morgan fingerprint density at radius 1 is 0.912 bits per heavy atom. The number of carbonyl (C=O) groups is 2. The quantitative estimate of drug-likeness (QED) is 0.314. The number of aliphatic hydroxyl groups excluding tert-OH is 1. The average Bonchev–Trinajstić information content (AvgIpc) is 3.12. The molecule has 0 unspecified atom stereocenters.